The monoisotopic (exact) mass is 266 g/mol. The minimum absolute atomic E-state index is 0.0321. The van der Waals surface area contributed by atoms with Crippen molar-refractivity contribution in [1.82, 2.24) is 10.6 Å². The number of hydrogen-bond donors (Lipinski definition) is 2. The SMILES string of the molecule is C[C@@H](NC(=O)C1CCNCC1)c1ccc(Cl)cc1. The van der Waals surface area contributed by atoms with Crippen molar-refractivity contribution in [3.05, 3.63) is 34.9 Å². The van der Waals surface area contributed by atoms with E-state index in [1.54, 1.807) is 0 Å². The van der Waals surface area contributed by atoms with Crippen molar-refractivity contribution in [2.45, 2.75) is 25.8 Å². The van der Waals surface area contributed by atoms with Crippen LogP contribution in [0.15, 0.2) is 24.3 Å². The molecule has 1 saturated heterocycles. The van der Waals surface area contributed by atoms with Gasteiger partial charge in [0.25, 0.3) is 0 Å². The zero-order chi connectivity index (χ0) is 13.0. The highest BCUT2D eigenvalue weighted by Gasteiger charge is 2.22. The van der Waals surface area contributed by atoms with Crippen LogP contribution >= 0.6 is 11.6 Å². The molecular weight excluding hydrogens is 248 g/mol. The van der Waals surface area contributed by atoms with Crippen LogP contribution in [0.1, 0.15) is 31.4 Å². The van der Waals surface area contributed by atoms with E-state index in [1.165, 1.54) is 0 Å². The van der Waals surface area contributed by atoms with Crippen LogP contribution in [0, 0.1) is 5.92 Å². The molecule has 2 N–H and O–H groups in total. The van der Waals surface area contributed by atoms with Crippen molar-refractivity contribution in [3.63, 3.8) is 0 Å². The predicted molar refractivity (Wildman–Crippen MR) is 73.6 cm³/mol. The van der Waals surface area contributed by atoms with Crippen molar-refractivity contribution >= 4 is 17.5 Å². The molecule has 98 valence electrons. The lowest BCUT2D eigenvalue weighted by molar-refractivity contribution is -0.126. The van der Waals surface area contributed by atoms with Gasteiger partial charge in [0.05, 0.1) is 6.04 Å². The first kappa shape index (κ1) is 13.4. The molecule has 1 aliphatic rings. The number of carbonyl (C=O) groups excluding carboxylic acids is 1. The summed E-state index contributed by atoms with van der Waals surface area (Å²) in [6.45, 7) is 3.88. The second kappa shape index (κ2) is 6.21. The smallest absolute Gasteiger partial charge is 0.223 e. The van der Waals surface area contributed by atoms with Gasteiger partial charge in [0.2, 0.25) is 5.91 Å². The van der Waals surface area contributed by atoms with E-state index >= 15 is 0 Å². The van der Waals surface area contributed by atoms with Crippen LogP contribution < -0.4 is 10.6 Å². The molecule has 3 nitrogen and oxygen atoms in total. The average Bonchev–Trinajstić information content (AvgIpc) is 2.40. The van der Waals surface area contributed by atoms with Gasteiger partial charge in [-0.2, -0.15) is 0 Å². The van der Waals surface area contributed by atoms with Crippen molar-refractivity contribution in [2.75, 3.05) is 13.1 Å². The molecule has 1 amide bonds. The molecule has 0 aliphatic carbocycles. The molecule has 0 radical (unpaired) electrons. The molecule has 1 aliphatic heterocycles. The molecule has 0 saturated carbocycles. The Balaban J connectivity index is 1.91. The van der Waals surface area contributed by atoms with Gasteiger partial charge in [0, 0.05) is 10.9 Å². The molecule has 0 unspecified atom stereocenters. The number of halogens is 1. The summed E-state index contributed by atoms with van der Waals surface area (Å²) >= 11 is 5.85. The van der Waals surface area contributed by atoms with Crippen LogP contribution in [0.2, 0.25) is 5.02 Å². The Hall–Kier alpha value is -1.06. The second-order valence-electron chi connectivity index (χ2n) is 4.81. The minimum atomic E-state index is 0.0321. The summed E-state index contributed by atoms with van der Waals surface area (Å²) in [6, 6.07) is 7.64. The molecule has 0 aromatic heterocycles. The van der Waals surface area contributed by atoms with Crippen LogP contribution in [0.4, 0.5) is 0 Å². The summed E-state index contributed by atoms with van der Waals surface area (Å²) in [5, 5.41) is 7.06. The number of carbonyl (C=O) groups is 1. The lowest BCUT2D eigenvalue weighted by atomic mass is 9.96. The molecule has 2 rings (SSSR count). The van der Waals surface area contributed by atoms with Gasteiger partial charge >= 0.3 is 0 Å². The Morgan fingerprint density at radius 1 is 1.33 bits per heavy atom. The fraction of sp³-hybridized carbons (Fsp3) is 0.500. The first-order valence-corrected chi connectivity index (χ1v) is 6.81. The van der Waals surface area contributed by atoms with Gasteiger partial charge in [-0.15, -0.1) is 0 Å². The first-order chi connectivity index (χ1) is 8.66. The van der Waals surface area contributed by atoms with Crippen molar-refractivity contribution in [1.29, 1.82) is 0 Å². The molecule has 1 aromatic carbocycles. The van der Waals surface area contributed by atoms with Gasteiger partial charge in [0.15, 0.2) is 0 Å². The maximum absolute atomic E-state index is 12.1. The van der Waals surface area contributed by atoms with Gasteiger partial charge in [-0.25, -0.2) is 0 Å². The van der Waals surface area contributed by atoms with Gasteiger partial charge < -0.3 is 10.6 Å². The van der Waals surface area contributed by atoms with E-state index in [0.29, 0.717) is 0 Å². The Bertz CT molecular complexity index is 399. The fourth-order valence-corrected chi connectivity index (χ4v) is 2.38. The summed E-state index contributed by atoms with van der Waals surface area (Å²) < 4.78 is 0. The molecule has 0 bridgehead atoms. The Morgan fingerprint density at radius 2 is 1.94 bits per heavy atom. The number of hydrogen-bond acceptors (Lipinski definition) is 2. The topological polar surface area (TPSA) is 41.1 Å². The van der Waals surface area contributed by atoms with Crippen molar-refractivity contribution < 1.29 is 4.79 Å². The van der Waals surface area contributed by atoms with Crippen LogP contribution in [-0.2, 0) is 4.79 Å². The average molecular weight is 267 g/mol. The summed E-state index contributed by atoms with van der Waals surface area (Å²) in [5.74, 6) is 0.319. The third-order valence-corrected chi connectivity index (χ3v) is 3.69. The van der Waals surface area contributed by atoms with Crippen LogP contribution in [0.3, 0.4) is 0 Å². The van der Waals surface area contributed by atoms with E-state index in [1.807, 2.05) is 31.2 Å². The summed E-state index contributed by atoms with van der Waals surface area (Å²) in [7, 11) is 0. The minimum Gasteiger partial charge on any atom is -0.349 e. The summed E-state index contributed by atoms with van der Waals surface area (Å²) in [4.78, 5) is 12.1. The summed E-state index contributed by atoms with van der Waals surface area (Å²) in [5.41, 5.74) is 1.08. The molecule has 0 spiro atoms. The zero-order valence-electron chi connectivity index (χ0n) is 10.6. The van der Waals surface area contributed by atoms with Crippen LogP contribution in [0.25, 0.3) is 0 Å². The largest absolute Gasteiger partial charge is 0.349 e. The molecular formula is C14H19ClN2O. The lowest BCUT2D eigenvalue weighted by Crippen LogP contribution is -2.39. The molecule has 1 atom stereocenters. The molecule has 1 aromatic rings. The Kier molecular flexibility index (Phi) is 4.61. The molecule has 1 fully saturated rings. The molecule has 1 heterocycles. The number of benzene rings is 1. The normalized spacial score (nSPS) is 18.3. The Labute approximate surface area is 113 Å². The van der Waals surface area contributed by atoms with E-state index < -0.39 is 0 Å². The third-order valence-electron chi connectivity index (χ3n) is 3.44. The van der Waals surface area contributed by atoms with Crippen molar-refractivity contribution in [2.24, 2.45) is 5.92 Å². The van der Waals surface area contributed by atoms with E-state index in [4.69, 9.17) is 11.6 Å². The summed E-state index contributed by atoms with van der Waals surface area (Å²) in [6.07, 6.45) is 1.86. The van der Waals surface area contributed by atoms with E-state index in [9.17, 15) is 4.79 Å². The standard InChI is InChI=1S/C14H19ClN2O/c1-10(11-2-4-13(15)5-3-11)17-14(18)12-6-8-16-9-7-12/h2-5,10,12,16H,6-9H2,1H3,(H,17,18)/t10-/m1/s1. The number of piperidine rings is 1. The molecule has 4 heteroatoms. The highest BCUT2D eigenvalue weighted by atomic mass is 35.5. The van der Waals surface area contributed by atoms with Gasteiger partial charge in [-0.1, -0.05) is 23.7 Å². The fourth-order valence-electron chi connectivity index (χ4n) is 2.25. The number of nitrogens with one attached hydrogen (secondary N) is 2. The number of amides is 1. The maximum Gasteiger partial charge on any atom is 0.223 e. The maximum atomic E-state index is 12.1. The Morgan fingerprint density at radius 3 is 2.56 bits per heavy atom. The predicted octanol–water partition coefficient (Wildman–Crippen LogP) is 2.52. The lowest BCUT2D eigenvalue weighted by Gasteiger charge is -2.24. The highest BCUT2D eigenvalue weighted by Crippen LogP contribution is 2.18. The van der Waals surface area contributed by atoms with Gasteiger partial charge in [-0.05, 0) is 50.6 Å². The number of rotatable bonds is 3. The van der Waals surface area contributed by atoms with Gasteiger partial charge in [-0.3, -0.25) is 4.79 Å². The van der Waals surface area contributed by atoms with E-state index in [-0.39, 0.29) is 17.9 Å². The zero-order valence-corrected chi connectivity index (χ0v) is 11.3. The second-order valence-corrected chi connectivity index (χ2v) is 5.24. The van der Waals surface area contributed by atoms with Crippen molar-refractivity contribution in [3.8, 4) is 0 Å². The quantitative estimate of drug-likeness (QED) is 0.883. The highest BCUT2D eigenvalue weighted by molar-refractivity contribution is 6.30. The third kappa shape index (κ3) is 3.47. The van der Waals surface area contributed by atoms with E-state index in [0.717, 1.165) is 36.5 Å². The molecule has 18 heavy (non-hydrogen) atoms. The van der Waals surface area contributed by atoms with Crippen LogP contribution in [0.5, 0.6) is 0 Å². The van der Waals surface area contributed by atoms with Gasteiger partial charge in [0.1, 0.15) is 0 Å². The van der Waals surface area contributed by atoms with Crippen LogP contribution in [-0.4, -0.2) is 19.0 Å². The first-order valence-electron chi connectivity index (χ1n) is 6.43. The van der Waals surface area contributed by atoms with E-state index in [2.05, 4.69) is 10.6 Å².